The molecule has 1 unspecified atom stereocenters. The summed E-state index contributed by atoms with van der Waals surface area (Å²) in [5.74, 6) is 0. The van der Waals surface area contributed by atoms with Crippen LogP contribution in [0.3, 0.4) is 0 Å². The van der Waals surface area contributed by atoms with Gasteiger partial charge in [-0.1, -0.05) is 0 Å². The lowest BCUT2D eigenvalue weighted by Gasteiger charge is -2.14. The highest BCUT2D eigenvalue weighted by Gasteiger charge is 2.24. The molecule has 0 spiro atoms. The van der Waals surface area contributed by atoms with E-state index >= 15 is 0 Å². The first-order valence-corrected chi connectivity index (χ1v) is 6.52. The predicted molar refractivity (Wildman–Crippen MR) is 65.0 cm³/mol. The van der Waals surface area contributed by atoms with Gasteiger partial charge < -0.3 is 9.84 Å². The standard InChI is InChI=1S/C11H24N3O4/c1-10(2)18-11(15)6-5-9-17-12-14(16)13-7-3-4-8-13/h10-11,15H,3-9H2,1-2H3,(H,12,16)/q+1. The Balaban J connectivity index is 1.96. The Morgan fingerprint density at radius 3 is 2.67 bits per heavy atom. The van der Waals surface area contributed by atoms with Crippen molar-refractivity contribution in [2.24, 2.45) is 0 Å². The maximum atomic E-state index is 11.4. The van der Waals surface area contributed by atoms with Gasteiger partial charge in [0.2, 0.25) is 0 Å². The van der Waals surface area contributed by atoms with E-state index in [1.807, 2.05) is 13.8 Å². The van der Waals surface area contributed by atoms with Gasteiger partial charge in [-0.15, -0.1) is 5.01 Å². The summed E-state index contributed by atoms with van der Waals surface area (Å²) in [6.45, 7) is 5.62. The quantitative estimate of drug-likeness (QED) is 0.276. The van der Waals surface area contributed by atoms with Crippen molar-refractivity contribution in [2.45, 2.75) is 51.9 Å². The Morgan fingerprint density at radius 2 is 2.06 bits per heavy atom. The average molecular weight is 262 g/mol. The number of nitrogens with one attached hydrogen (secondary N) is 1. The second-order valence-electron chi connectivity index (χ2n) is 4.66. The van der Waals surface area contributed by atoms with Crippen LogP contribution in [0.25, 0.3) is 0 Å². The summed E-state index contributed by atoms with van der Waals surface area (Å²) < 4.78 is 5.16. The van der Waals surface area contributed by atoms with E-state index in [0.29, 0.717) is 24.4 Å². The minimum Gasteiger partial charge on any atom is -0.368 e. The number of hydrogen-bond acceptors (Lipinski definition) is 4. The zero-order valence-corrected chi connectivity index (χ0v) is 11.2. The molecule has 0 aromatic carbocycles. The van der Waals surface area contributed by atoms with Crippen LogP contribution in [0.4, 0.5) is 0 Å². The van der Waals surface area contributed by atoms with Crippen LogP contribution in [-0.4, -0.2) is 47.2 Å². The predicted octanol–water partition coefficient (Wildman–Crippen LogP) is 0.736. The first-order valence-electron chi connectivity index (χ1n) is 6.52. The first-order chi connectivity index (χ1) is 8.59. The molecule has 0 bridgehead atoms. The molecule has 0 amide bonds. The molecule has 1 fully saturated rings. The van der Waals surface area contributed by atoms with E-state index in [9.17, 15) is 10.0 Å². The Morgan fingerprint density at radius 1 is 1.39 bits per heavy atom. The van der Waals surface area contributed by atoms with E-state index in [1.54, 1.807) is 5.01 Å². The molecule has 7 heteroatoms. The van der Waals surface area contributed by atoms with Crippen LogP contribution < -0.4 is 5.59 Å². The summed E-state index contributed by atoms with van der Waals surface area (Å²) >= 11 is 0. The molecular formula is C11H24N3O4+. The van der Waals surface area contributed by atoms with E-state index < -0.39 is 6.29 Å². The smallest absolute Gasteiger partial charge is 0.274 e. The Hall–Kier alpha value is -0.920. The van der Waals surface area contributed by atoms with Gasteiger partial charge in [0, 0.05) is 12.0 Å². The Labute approximate surface area is 108 Å². The first kappa shape index (κ1) is 15.1. The van der Waals surface area contributed by atoms with Crippen molar-refractivity contribution in [3.63, 3.8) is 0 Å². The van der Waals surface area contributed by atoms with Gasteiger partial charge in [-0.25, -0.2) is 4.84 Å². The van der Waals surface area contributed by atoms with Gasteiger partial charge in [0.05, 0.1) is 30.7 Å². The van der Waals surface area contributed by atoms with Gasteiger partial charge in [0.25, 0.3) is 4.98 Å². The second-order valence-corrected chi connectivity index (χ2v) is 4.66. The third-order valence-corrected chi connectivity index (χ3v) is 2.61. The highest BCUT2D eigenvalue weighted by molar-refractivity contribution is 4.55. The van der Waals surface area contributed by atoms with Crippen molar-refractivity contribution in [3.8, 4) is 0 Å². The lowest BCUT2D eigenvalue weighted by Crippen LogP contribution is -2.40. The molecule has 0 aromatic heterocycles. The Bertz CT molecular complexity index is 244. The molecule has 1 saturated heterocycles. The van der Waals surface area contributed by atoms with Crippen molar-refractivity contribution in [2.75, 3.05) is 19.7 Å². The minimum atomic E-state index is -0.768. The second kappa shape index (κ2) is 8.23. The zero-order valence-electron chi connectivity index (χ0n) is 11.2. The third kappa shape index (κ3) is 6.13. The van der Waals surface area contributed by atoms with Crippen LogP contribution in [0.1, 0.15) is 39.5 Å². The fraction of sp³-hybridized carbons (Fsp3) is 1.00. The Kier molecular flexibility index (Phi) is 6.92. The molecule has 0 saturated carbocycles. The highest BCUT2D eigenvalue weighted by atomic mass is 16.7. The number of ether oxygens (including phenoxy) is 1. The summed E-state index contributed by atoms with van der Waals surface area (Å²) in [6, 6.07) is 0. The molecule has 1 aliphatic rings. The summed E-state index contributed by atoms with van der Waals surface area (Å²) in [4.78, 5) is 17.1. The van der Waals surface area contributed by atoms with E-state index in [4.69, 9.17) is 9.57 Å². The van der Waals surface area contributed by atoms with E-state index in [2.05, 4.69) is 5.59 Å². The van der Waals surface area contributed by atoms with Crippen molar-refractivity contribution < 1.29 is 19.7 Å². The highest BCUT2D eigenvalue weighted by Crippen LogP contribution is 2.06. The van der Waals surface area contributed by atoms with E-state index in [1.165, 1.54) is 0 Å². The number of hydrogen-bond donors (Lipinski definition) is 2. The van der Waals surface area contributed by atoms with Crippen LogP contribution in [-0.2, 0) is 9.57 Å². The van der Waals surface area contributed by atoms with E-state index in [0.717, 1.165) is 25.9 Å². The number of nitrogens with zero attached hydrogens (tertiary/aromatic N) is 2. The van der Waals surface area contributed by atoms with Crippen LogP contribution in [0.15, 0.2) is 0 Å². The topological polar surface area (TPSA) is 74.0 Å². The van der Waals surface area contributed by atoms with Crippen LogP contribution in [0.2, 0.25) is 0 Å². The van der Waals surface area contributed by atoms with Crippen LogP contribution >= 0.6 is 0 Å². The molecule has 2 N–H and O–H groups in total. The molecule has 1 heterocycles. The van der Waals surface area contributed by atoms with Crippen LogP contribution in [0.5, 0.6) is 0 Å². The number of nitroso groups, excluding NO2 is 1. The van der Waals surface area contributed by atoms with Crippen molar-refractivity contribution in [1.29, 1.82) is 0 Å². The summed E-state index contributed by atoms with van der Waals surface area (Å²) in [7, 11) is 0. The van der Waals surface area contributed by atoms with Gasteiger partial charge >= 0.3 is 0 Å². The van der Waals surface area contributed by atoms with Gasteiger partial charge in [-0.2, -0.15) is 0 Å². The summed E-state index contributed by atoms with van der Waals surface area (Å²) in [5, 5.41) is 11.1. The molecule has 1 aliphatic heterocycles. The SMILES string of the molecule is CC(C)OC(O)CCCON[N+](=O)N1CCCC1. The third-order valence-electron chi connectivity index (χ3n) is 2.61. The minimum absolute atomic E-state index is 0.00587. The summed E-state index contributed by atoms with van der Waals surface area (Å²) in [6.07, 6.45) is 2.43. The van der Waals surface area contributed by atoms with Crippen molar-refractivity contribution in [1.82, 2.24) is 10.6 Å². The summed E-state index contributed by atoms with van der Waals surface area (Å²) in [5.41, 5.74) is 2.32. The number of rotatable bonds is 9. The maximum absolute atomic E-state index is 11.4. The molecule has 0 aromatic rings. The number of aliphatic hydroxyl groups excluding tert-OH is 1. The molecule has 0 aliphatic carbocycles. The van der Waals surface area contributed by atoms with Crippen molar-refractivity contribution in [3.05, 3.63) is 4.91 Å². The van der Waals surface area contributed by atoms with Gasteiger partial charge in [0.1, 0.15) is 0 Å². The monoisotopic (exact) mass is 262 g/mol. The largest absolute Gasteiger partial charge is 0.368 e. The molecule has 1 atom stereocenters. The van der Waals surface area contributed by atoms with Gasteiger partial charge in [-0.05, 0) is 33.1 Å². The van der Waals surface area contributed by atoms with Gasteiger partial charge in [0.15, 0.2) is 6.29 Å². The number of aliphatic hydroxyl groups is 1. The fourth-order valence-corrected chi connectivity index (χ4v) is 1.75. The zero-order chi connectivity index (χ0) is 13.4. The lowest BCUT2D eigenvalue weighted by molar-refractivity contribution is -0.786. The average Bonchev–Trinajstić information content (AvgIpc) is 2.80. The maximum Gasteiger partial charge on any atom is 0.274 e. The number of hydrazine groups is 2. The molecule has 1 rings (SSSR count). The van der Waals surface area contributed by atoms with Crippen LogP contribution in [0, 0.1) is 4.91 Å². The normalized spacial score (nSPS) is 17.2. The fourth-order valence-electron chi connectivity index (χ4n) is 1.75. The van der Waals surface area contributed by atoms with E-state index in [-0.39, 0.29) is 6.10 Å². The lowest BCUT2D eigenvalue weighted by atomic mass is 10.3. The molecule has 7 nitrogen and oxygen atoms in total. The molecule has 0 radical (unpaired) electrons. The molecule has 106 valence electrons. The molecule has 18 heavy (non-hydrogen) atoms. The molecular weight excluding hydrogens is 238 g/mol. The van der Waals surface area contributed by atoms with Crippen molar-refractivity contribution >= 4 is 0 Å². The van der Waals surface area contributed by atoms with Gasteiger partial charge in [-0.3, -0.25) is 0 Å².